The highest BCUT2D eigenvalue weighted by molar-refractivity contribution is 7.45. The maximum absolute atomic E-state index is 13.1. The third-order valence-corrected chi connectivity index (χ3v) is 19.8. The molecule has 0 rings (SSSR count). The summed E-state index contributed by atoms with van der Waals surface area (Å²) < 4.78 is 23.6. The van der Waals surface area contributed by atoms with Gasteiger partial charge in [0.15, 0.2) is 0 Å². The first kappa shape index (κ1) is 85.5. The van der Waals surface area contributed by atoms with Crippen molar-refractivity contribution in [2.45, 2.75) is 450 Å². The van der Waals surface area contributed by atoms with Crippen molar-refractivity contribution in [2.24, 2.45) is 0 Å². The van der Waals surface area contributed by atoms with Gasteiger partial charge in [-0.05, 0) is 12.8 Å². The van der Waals surface area contributed by atoms with E-state index in [2.05, 4.69) is 19.2 Å². The number of phosphoric acid groups is 1. The Morgan fingerprint density at radius 3 is 0.791 bits per heavy atom. The van der Waals surface area contributed by atoms with Crippen LogP contribution in [0.25, 0.3) is 0 Å². The van der Waals surface area contributed by atoms with Crippen LogP contribution in [0.4, 0.5) is 0 Å². The van der Waals surface area contributed by atoms with Gasteiger partial charge >= 0.3 is 0 Å². The van der Waals surface area contributed by atoms with E-state index in [1.807, 2.05) is 21.1 Å². The zero-order chi connectivity index (χ0) is 62.6. The number of aliphatic hydroxyl groups is 1. The summed E-state index contributed by atoms with van der Waals surface area (Å²) in [7, 11) is 1.33. The van der Waals surface area contributed by atoms with Crippen molar-refractivity contribution in [3.05, 3.63) is 0 Å². The van der Waals surface area contributed by atoms with Gasteiger partial charge in [-0.15, -0.1) is 0 Å². The summed E-state index contributed by atoms with van der Waals surface area (Å²) in [4.78, 5) is 25.7. The standard InChI is InChI=1S/C77H157N2O6P/c1-6-8-10-12-14-16-18-20-22-24-26-28-30-32-33-34-35-36-37-38-39-40-41-42-43-44-45-47-49-51-53-55-57-59-61-63-65-67-69-71-77(81)78-75(74-85-86(82,83)84-73-72-79(3,4)5)76(80)70-68-66-64-62-60-58-56-54-52-50-48-46-31-29-27-25-23-21-19-17-15-13-11-9-7-2/h75-76,80H,6-74H2,1-5H3,(H-,78,81,82,83). The molecule has 0 aromatic carbocycles. The van der Waals surface area contributed by atoms with Crippen LogP contribution in [0.5, 0.6) is 0 Å². The van der Waals surface area contributed by atoms with Gasteiger partial charge < -0.3 is 28.8 Å². The van der Waals surface area contributed by atoms with Crippen molar-refractivity contribution in [1.82, 2.24) is 5.32 Å². The first-order valence-electron chi connectivity index (χ1n) is 39.4. The van der Waals surface area contributed by atoms with Crippen molar-refractivity contribution < 1.29 is 32.9 Å². The first-order valence-corrected chi connectivity index (χ1v) is 40.8. The molecule has 0 aromatic rings. The zero-order valence-corrected chi connectivity index (χ0v) is 60.2. The Labute approximate surface area is 540 Å². The van der Waals surface area contributed by atoms with E-state index in [1.165, 1.54) is 372 Å². The maximum Gasteiger partial charge on any atom is 0.268 e. The number of hydrogen-bond acceptors (Lipinski definition) is 6. The third-order valence-electron chi connectivity index (χ3n) is 18.8. The quantitative estimate of drug-likeness (QED) is 0.0357. The minimum absolute atomic E-state index is 0.0171. The summed E-state index contributed by atoms with van der Waals surface area (Å²) in [5, 5.41) is 14.1. The number of hydrogen-bond donors (Lipinski definition) is 2. The molecule has 0 aliphatic heterocycles. The minimum atomic E-state index is -4.58. The Bertz CT molecular complexity index is 1360. The molecule has 0 aliphatic carbocycles. The number of carbonyl (C=O) groups excluding carboxylic acids is 1. The topological polar surface area (TPSA) is 108 Å². The van der Waals surface area contributed by atoms with Crippen LogP contribution >= 0.6 is 7.82 Å². The van der Waals surface area contributed by atoms with Gasteiger partial charge in [-0.1, -0.05) is 418 Å². The van der Waals surface area contributed by atoms with Crippen LogP contribution in [-0.4, -0.2) is 68.5 Å². The Kier molecular flexibility index (Phi) is 68.5. The van der Waals surface area contributed by atoms with E-state index >= 15 is 0 Å². The van der Waals surface area contributed by atoms with E-state index in [0.29, 0.717) is 23.9 Å². The predicted molar refractivity (Wildman–Crippen MR) is 376 cm³/mol. The molecule has 0 spiro atoms. The van der Waals surface area contributed by atoms with Crippen LogP contribution < -0.4 is 10.2 Å². The molecule has 0 bridgehead atoms. The SMILES string of the molecule is CCCCCCCCCCCCCCCCCCCCCCCCCCCCCCCCCCCCCCCCCC(=O)NC(COP(=O)([O-])OCC[N+](C)(C)C)C(O)CCCCCCCCCCCCCCCCCCCCCCCCCCC. The number of nitrogens with one attached hydrogen (secondary N) is 1. The van der Waals surface area contributed by atoms with E-state index in [1.54, 1.807) is 0 Å². The lowest BCUT2D eigenvalue weighted by atomic mass is 10.0. The molecule has 0 saturated heterocycles. The number of likely N-dealkylation sites (N-methyl/N-ethyl adjacent to an activating group) is 1. The van der Waals surface area contributed by atoms with Crippen LogP contribution in [-0.2, 0) is 18.4 Å². The molecule has 0 heterocycles. The summed E-state index contributed by atoms with van der Waals surface area (Å²) in [5.74, 6) is -0.152. The lowest BCUT2D eigenvalue weighted by molar-refractivity contribution is -0.870. The van der Waals surface area contributed by atoms with E-state index in [9.17, 15) is 19.4 Å². The largest absolute Gasteiger partial charge is 0.756 e. The van der Waals surface area contributed by atoms with Crippen molar-refractivity contribution in [1.29, 1.82) is 0 Å². The Morgan fingerprint density at radius 1 is 0.360 bits per heavy atom. The molecule has 0 saturated carbocycles. The molecule has 516 valence electrons. The molecule has 86 heavy (non-hydrogen) atoms. The second-order valence-corrected chi connectivity index (χ2v) is 30.2. The number of nitrogens with zero attached hydrogens (tertiary/aromatic N) is 1. The average Bonchev–Trinajstić information content (AvgIpc) is 3.70. The van der Waals surface area contributed by atoms with Crippen molar-refractivity contribution >= 4 is 13.7 Å². The summed E-state index contributed by atoms with van der Waals surface area (Å²) >= 11 is 0. The van der Waals surface area contributed by atoms with Crippen molar-refractivity contribution in [2.75, 3.05) is 40.9 Å². The summed E-state index contributed by atoms with van der Waals surface area (Å²) in [6, 6.07) is -0.797. The molecule has 3 unspecified atom stereocenters. The molecule has 0 aromatic heterocycles. The number of rotatable bonds is 75. The van der Waals surface area contributed by atoms with Crippen molar-refractivity contribution in [3.8, 4) is 0 Å². The number of quaternary nitrogens is 1. The van der Waals surface area contributed by atoms with E-state index in [-0.39, 0.29) is 19.1 Å². The normalized spacial score (nSPS) is 13.4. The molecular formula is C77H157N2O6P. The molecule has 0 fully saturated rings. The van der Waals surface area contributed by atoms with E-state index < -0.39 is 20.0 Å². The second-order valence-electron chi connectivity index (χ2n) is 28.8. The van der Waals surface area contributed by atoms with Gasteiger partial charge in [-0.2, -0.15) is 0 Å². The van der Waals surface area contributed by atoms with Crippen LogP contribution in [0.1, 0.15) is 438 Å². The molecule has 2 N–H and O–H groups in total. The number of unbranched alkanes of at least 4 members (excludes halogenated alkanes) is 62. The Morgan fingerprint density at radius 2 is 0.570 bits per heavy atom. The van der Waals surface area contributed by atoms with Crippen LogP contribution in [0, 0.1) is 0 Å². The monoisotopic (exact) mass is 1240 g/mol. The molecule has 8 nitrogen and oxygen atoms in total. The first-order chi connectivity index (χ1) is 42.0. The maximum atomic E-state index is 13.1. The fourth-order valence-electron chi connectivity index (χ4n) is 12.8. The minimum Gasteiger partial charge on any atom is -0.756 e. The molecule has 9 heteroatoms. The van der Waals surface area contributed by atoms with Gasteiger partial charge in [0.1, 0.15) is 13.2 Å². The summed E-state index contributed by atoms with van der Waals surface area (Å²) in [6.45, 7) is 4.81. The van der Waals surface area contributed by atoms with Gasteiger partial charge in [0.25, 0.3) is 7.82 Å². The molecule has 1 amide bonds. The van der Waals surface area contributed by atoms with Crippen LogP contribution in [0.2, 0.25) is 0 Å². The number of phosphoric ester groups is 1. The van der Waals surface area contributed by atoms with Crippen LogP contribution in [0.15, 0.2) is 0 Å². The average molecular weight is 1240 g/mol. The smallest absolute Gasteiger partial charge is 0.268 e. The fourth-order valence-corrected chi connectivity index (χ4v) is 13.5. The zero-order valence-electron chi connectivity index (χ0n) is 59.3. The highest BCUT2D eigenvalue weighted by atomic mass is 31.2. The predicted octanol–water partition coefficient (Wildman–Crippen LogP) is 24.8. The number of amides is 1. The van der Waals surface area contributed by atoms with Crippen LogP contribution in [0.3, 0.4) is 0 Å². The van der Waals surface area contributed by atoms with E-state index in [0.717, 1.165) is 38.5 Å². The second kappa shape index (κ2) is 68.9. The fraction of sp³-hybridized carbons (Fsp3) is 0.987. The third kappa shape index (κ3) is 70.9. The summed E-state index contributed by atoms with van der Waals surface area (Å²) in [6.07, 6.45) is 88.0. The van der Waals surface area contributed by atoms with Gasteiger partial charge in [0.05, 0.1) is 39.9 Å². The molecular weight excluding hydrogens is 1080 g/mol. The van der Waals surface area contributed by atoms with Gasteiger partial charge in [-0.25, -0.2) is 0 Å². The number of carbonyl (C=O) groups is 1. The lowest BCUT2D eigenvalue weighted by Gasteiger charge is -2.30. The highest BCUT2D eigenvalue weighted by Crippen LogP contribution is 2.38. The van der Waals surface area contributed by atoms with Crippen molar-refractivity contribution in [3.63, 3.8) is 0 Å². The Hall–Kier alpha value is -0.500. The van der Waals surface area contributed by atoms with Gasteiger partial charge in [0, 0.05) is 6.42 Å². The molecule has 0 radical (unpaired) electrons. The molecule has 3 atom stereocenters. The van der Waals surface area contributed by atoms with E-state index in [4.69, 9.17) is 9.05 Å². The molecule has 0 aliphatic rings. The Balaban J connectivity index is 3.86. The van der Waals surface area contributed by atoms with Gasteiger partial charge in [-0.3, -0.25) is 9.36 Å². The summed E-state index contributed by atoms with van der Waals surface area (Å²) in [5.41, 5.74) is 0. The number of aliphatic hydroxyl groups excluding tert-OH is 1. The lowest BCUT2D eigenvalue weighted by Crippen LogP contribution is -2.46. The van der Waals surface area contributed by atoms with Gasteiger partial charge in [0.2, 0.25) is 5.91 Å². The highest BCUT2D eigenvalue weighted by Gasteiger charge is 2.24.